The van der Waals surface area contributed by atoms with Crippen molar-refractivity contribution in [2.45, 2.75) is 110 Å². The number of rotatable bonds is 9. The average molecular weight is 533 g/mol. The maximum absolute atomic E-state index is 14.4. The molecular formula is C33H50F2O3. The van der Waals surface area contributed by atoms with Gasteiger partial charge in [0.05, 0.1) is 19.3 Å². The number of fused-ring (bicyclic) bond motifs is 1. The van der Waals surface area contributed by atoms with Gasteiger partial charge >= 0.3 is 0 Å². The van der Waals surface area contributed by atoms with Gasteiger partial charge in [-0.3, -0.25) is 0 Å². The van der Waals surface area contributed by atoms with Crippen molar-refractivity contribution in [3.8, 4) is 11.5 Å². The van der Waals surface area contributed by atoms with Crippen LogP contribution in [-0.4, -0.2) is 25.9 Å². The summed E-state index contributed by atoms with van der Waals surface area (Å²) in [6, 6.07) is 2.96. The first-order chi connectivity index (χ1) is 18.6. The van der Waals surface area contributed by atoms with Crippen LogP contribution in [0.5, 0.6) is 11.5 Å². The van der Waals surface area contributed by atoms with Gasteiger partial charge < -0.3 is 14.2 Å². The van der Waals surface area contributed by atoms with E-state index in [0.29, 0.717) is 25.2 Å². The molecule has 4 unspecified atom stereocenters. The first-order valence-corrected chi connectivity index (χ1v) is 15.9. The van der Waals surface area contributed by atoms with Crippen LogP contribution in [0.15, 0.2) is 12.1 Å². The van der Waals surface area contributed by atoms with Crippen molar-refractivity contribution in [3.05, 3.63) is 23.8 Å². The van der Waals surface area contributed by atoms with Crippen LogP contribution >= 0.6 is 0 Å². The molecule has 4 saturated carbocycles. The molecule has 4 aliphatic rings. The molecule has 3 nitrogen and oxygen atoms in total. The number of halogens is 2. The highest BCUT2D eigenvalue weighted by Gasteiger charge is 2.41. The highest BCUT2D eigenvalue weighted by atomic mass is 19.2. The monoisotopic (exact) mass is 532 g/mol. The van der Waals surface area contributed by atoms with E-state index in [-0.39, 0.29) is 11.5 Å². The number of benzene rings is 1. The van der Waals surface area contributed by atoms with Crippen molar-refractivity contribution in [1.82, 2.24) is 0 Å². The van der Waals surface area contributed by atoms with Gasteiger partial charge in [0.1, 0.15) is 0 Å². The first kappa shape index (κ1) is 28.2. The molecule has 0 amide bonds. The lowest BCUT2D eigenvalue weighted by atomic mass is 9.59. The van der Waals surface area contributed by atoms with E-state index in [9.17, 15) is 8.78 Å². The number of hydrogen-bond acceptors (Lipinski definition) is 3. The van der Waals surface area contributed by atoms with Crippen LogP contribution in [0.3, 0.4) is 0 Å². The van der Waals surface area contributed by atoms with E-state index in [1.54, 1.807) is 6.92 Å². The minimum absolute atomic E-state index is 0.00402. The Hall–Kier alpha value is -1.36. The molecule has 214 valence electrons. The normalized spacial score (nSPS) is 35.9. The fourth-order valence-electron chi connectivity index (χ4n) is 8.71. The summed E-state index contributed by atoms with van der Waals surface area (Å²) in [6.07, 6.45) is 19.4. The summed E-state index contributed by atoms with van der Waals surface area (Å²) in [5, 5.41) is 0. The van der Waals surface area contributed by atoms with Crippen LogP contribution in [0.4, 0.5) is 8.78 Å². The van der Waals surface area contributed by atoms with Gasteiger partial charge in [-0.2, -0.15) is 8.78 Å². The fourth-order valence-corrected chi connectivity index (χ4v) is 8.71. The third-order valence-corrected chi connectivity index (χ3v) is 10.8. The summed E-state index contributed by atoms with van der Waals surface area (Å²) in [7, 11) is 0. The third-order valence-electron chi connectivity index (χ3n) is 10.8. The summed E-state index contributed by atoms with van der Waals surface area (Å²) in [5.41, 5.74) is 0. The lowest BCUT2D eigenvalue weighted by Crippen LogP contribution is -2.37. The molecule has 0 heterocycles. The maximum Gasteiger partial charge on any atom is 0.204 e. The van der Waals surface area contributed by atoms with E-state index >= 15 is 0 Å². The van der Waals surface area contributed by atoms with Crippen LogP contribution < -0.4 is 9.47 Å². The van der Waals surface area contributed by atoms with Crippen molar-refractivity contribution in [2.75, 3.05) is 19.8 Å². The lowest BCUT2D eigenvalue weighted by Gasteiger charge is -2.47. The zero-order chi connectivity index (χ0) is 26.5. The molecule has 0 saturated heterocycles. The van der Waals surface area contributed by atoms with Crippen molar-refractivity contribution < 1.29 is 23.0 Å². The molecular weight excluding hydrogens is 482 g/mol. The van der Waals surface area contributed by atoms with E-state index in [4.69, 9.17) is 14.2 Å². The molecule has 4 fully saturated rings. The van der Waals surface area contributed by atoms with Gasteiger partial charge in [-0.15, -0.1) is 0 Å². The topological polar surface area (TPSA) is 27.7 Å². The van der Waals surface area contributed by atoms with Crippen LogP contribution in [0, 0.1) is 53.1 Å². The molecule has 0 aromatic heterocycles. The van der Waals surface area contributed by atoms with Gasteiger partial charge in [0.15, 0.2) is 11.5 Å². The van der Waals surface area contributed by atoms with Crippen molar-refractivity contribution in [1.29, 1.82) is 0 Å². The molecule has 4 aliphatic carbocycles. The highest BCUT2D eigenvalue weighted by molar-refractivity contribution is 5.35. The minimum atomic E-state index is -0.952. The van der Waals surface area contributed by atoms with E-state index in [1.807, 2.05) is 0 Å². The summed E-state index contributed by atoms with van der Waals surface area (Å²) in [6.45, 7) is 5.52. The van der Waals surface area contributed by atoms with E-state index in [1.165, 1.54) is 89.2 Å². The molecule has 0 bridgehead atoms. The molecule has 0 radical (unpaired) electrons. The van der Waals surface area contributed by atoms with Gasteiger partial charge in [-0.1, -0.05) is 0 Å². The molecule has 0 N–H and O–H groups in total. The van der Waals surface area contributed by atoms with Crippen molar-refractivity contribution >= 4 is 0 Å². The highest BCUT2D eigenvalue weighted by Crippen LogP contribution is 2.51. The Morgan fingerprint density at radius 2 is 1.03 bits per heavy atom. The van der Waals surface area contributed by atoms with Gasteiger partial charge in [-0.25, -0.2) is 0 Å². The van der Waals surface area contributed by atoms with E-state index in [0.717, 1.165) is 55.0 Å². The predicted molar refractivity (Wildman–Crippen MR) is 148 cm³/mol. The summed E-state index contributed by atoms with van der Waals surface area (Å²) < 4.78 is 45.3. The molecule has 1 aromatic carbocycles. The SMILES string of the molecule is CCOc1ccc(OCC2CCC(C3CCC4CC(C5CCC(OCC)CC5)CCC4C3)CC2)c(F)c1F. The van der Waals surface area contributed by atoms with Gasteiger partial charge in [-0.05, 0) is 157 Å². The third kappa shape index (κ3) is 6.67. The Kier molecular flexibility index (Phi) is 9.89. The summed E-state index contributed by atoms with van der Waals surface area (Å²) in [4.78, 5) is 0. The minimum Gasteiger partial charge on any atom is -0.491 e. The molecule has 38 heavy (non-hydrogen) atoms. The van der Waals surface area contributed by atoms with Gasteiger partial charge in [0.25, 0.3) is 0 Å². The molecule has 0 aliphatic heterocycles. The molecule has 5 heteroatoms. The zero-order valence-corrected chi connectivity index (χ0v) is 23.8. The Labute approximate surface area is 229 Å². The lowest BCUT2D eigenvalue weighted by molar-refractivity contribution is 0.000136. The molecule has 5 rings (SSSR count). The van der Waals surface area contributed by atoms with Crippen molar-refractivity contribution in [3.63, 3.8) is 0 Å². The molecule has 0 spiro atoms. The second-order valence-electron chi connectivity index (χ2n) is 12.9. The Morgan fingerprint density at radius 1 is 0.579 bits per heavy atom. The average Bonchev–Trinajstić information content (AvgIpc) is 2.95. The van der Waals surface area contributed by atoms with Crippen LogP contribution in [0.1, 0.15) is 104 Å². The van der Waals surface area contributed by atoms with Crippen LogP contribution in [-0.2, 0) is 4.74 Å². The van der Waals surface area contributed by atoms with E-state index < -0.39 is 11.6 Å². The second kappa shape index (κ2) is 13.3. The van der Waals surface area contributed by atoms with Crippen molar-refractivity contribution in [2.24, 2.45) is 41.4 Å². The maximum atomic E-state index is 14.4. The molecule has 4 atom stereocenters. The summed E-state index contributed by atoms with van der Waals surface area (Å²) >= 11 is 0. The number of ether oxygens (including phenoxy) is 3. The van der Waals surface area contributed by atoms with Crippen LogP contribution in [0.2, 0.25) is 0 Å². The van der Waals surface area contributed by atoms with Crippen LogP contribution in [0.25, 0.3) is 0 Å². The molecule has 1 aromatic rings. The zero-order valence-electron chi connectivity index (χ0n) is 23.8. The Morgan fingerprint density at radius 3 is 1.53 bits per heavy atom. The predicted octanol–water partition coefficient (Wildman–Crippen LogP) is 8.98. The first-order valence-electron chi connectivity index (χ1n) is 15.9. The largest absolute Gasteiger partial charge is 0.491 e. The Bertz CT molecular complexity index is 875. The standard InChI is InChI=1S/C33H50F2O3/c1-3-36-29-15-13-24(14-16-29)26-10-12-27-19-25(9-11-28(27)20-26)23-7-5-22(6-8-23)21-38-31-18-17-30(37-4-2)32(34)33(31)35/h17-18,22-29H,3-16,19-21H2,1-2H3. The van der Waals surface area contributed by atoms with E-state index in [2.05, 4.69) is 6.92 Å². The fraction of sp³-hybridized carbons (Fsp3) is 0.818. The quantitative estimate of drug-likeness (QED) is 0.318. The van der Waals surface area contributed by atoms with Gasteiger partial charge in [0, 0.05) is 6.61 Å². The second-order valence-corrected chi connectivity index (χ2v) is 12.9. The Balaban J connectivity index is 1.03. The smallest absolute Gasteiger partial charge is 0.204 e. The number of hydrogen-bond donors (Lipinski definition) is 0. The summed E-state index contributed by atoms with van der Waals surface area (Å²) in [5.74, 6) is 4.11. The van der Waals surface area contributed by atoms with Gasteiger partial charge in [0.2, 0.25) is 11.6 Å².